The van der Waals surface area contributed by atoms with Gasteiger partial charge in [0.25, 0.3) is 0 Å². The summed E-state index contributed by atoms with van der Waals surface area (Å²) in [6.07, 6.45) is 4.03. The largest absolute Gasteiger partial charge is 0.355 e. The highest BCUT2D eigenvalue weighted by molar-refractivity contribution is 6.30. The highest BCUT2D eigenvalue weighted by Crippen LogP contribution is 2.48. The molecule has 0 spiro atoms. The number of unbranched alkanes of at least 4 members (excludes halogenated alkanes) is 1. The minimum absolute atomic E-state index is 0.164. The predicted molar refractivity (Wildman–Crippen MR) is 92.4 cm³/mol. The third-order valence-corrected chi connectivity index (χ3v) is 4.88. The molecule has 1 aromatic carbocycles. The lowest BCUT2D eigenvalue weighted by molar-refractivity contribution is -0.123. The molecule has 0 bridgehead atoms. The van der Waals surface area contributed by atoms with Gasteiger partial charge in [0, 0.05) is 11.6 Å². The lowest BCUT2D eigenvalue weighted by atomic mass is 9.95. The third kappa shape index (κ3) is 4.23. The number of nitrogens with zero attached hydrogens (tertiary/aromatic N) is 1. The van der Waals surface area contributed by atoms with Crippen molar-refractivity contribution in [2.24, 2.45) is 0 Å². The maximum atomic E-state index is 12.5. The SMILES string of the molecule is CCN(CC)CCCCNC(=O)C1(c2cccc(Cl)c2)CC1. The maximum Gasteiger partial charge on any atom is 0.230 e. The first-order chi connectivity index (χ1) is 10.6. The second-order valence-electron chi connectivity index (χ2n) is 6.08. The maximum absolute atomic E-state index is 12.5. The molecule has 0 atom stereocenters. The molecule has 2 rings (SSSR count). The normalized spacial score (nSPS) is 15.8. The van der Waals surface area contributed by atoms with Gasteiger partial charge in [0.2, 0.25) is 5.91 Å². The van der Waals surface area contributed by atoms with Gasteiger partial charge in [0.1, 0.15) is 0 Å². The van der Waals surface area contributed by atoms with Crippen molar-refractivity contribution in [1.82, 2.24) is 10.2 Å². The zero-order valence-electron chi connectivity index (χ0n) is 13.7. The van der Waals surface area contributed by atoms with Crippen molar-refractivity contribution < 1.29 is 4.79 Å². The third-order valence-electron chi connectivity index (χ3n) is 4.64. The van der Waals surface area contributed by atoms with Gasteiger partial charge < -0.3 is 10.2 Å². The molecule has 4 heteroatoms. The quantitative estimate of drug-likeness (QED) is 0.704. The van der Waals surface area contributed by atoms with Gasteiger partial charge >= 0.3 is 0 Å². The fraction of sp³-hybridized carbons (Fsp3) is 0.611. The Bertz CT molecular complexity index is 496. The number of amides is 1. The Morgan fingerprint density at radius 3 is 2.59 bits per heavy atom. The van der Waals surface area contributed by atoms with E-state index < -0.39 is 0 Å². The Balaban J connectivity index is 1.76. The van der Waals surface area contributed by atoms with Gasteiger partial charge in [-0.1, -0.05) is 37.6 Å². The monoisotopic (exact) mass is 322 g/mol. The van der Waals surface area contributed by atoms with Gasteiger partial charge in [0.05, 0.1) is 5.41 Å². The number of carbonyl (C=O) groups is 1. The van der Waals surface area contributed by atoms with E-state index >= 15 is 0 Å². The van der Waals surface area contributed by atoms with Crippen molar-refractivity contribution >= 4 is 17.5 Å². The number of rotatable bonds is 9. The highest BCUT2D eigenvalue weighted by atomic mass is 35.5. The molecule has 0 heterocycles. The van der Waals surface area contributed by atoms with Crippen molar-refractivity contribution in [1.29, 1.82) is 0 Å². The summed E-state index contributed by atoms with van der Waals surface area (Å²) < 4.78 is 0. The Morgan fingerprint density at radius 2 is 2.00 bits per heavy atom. The summed E-state index contributed by atoms with van der Waals surface area (Å²) in [5.41, 5.74) is 0.740. The van der Waals surface area contributed by atoms with Gasteiger partial charge in [-0.2, -0.15) is 0 Å². The number of carbonyl (C=O) groups excluding carboxylic acids is 1. The summed E-state index contributed by atoms with van der Waals surface area (Å²) in [4.78, 5) is 14.9. The van der Waals surface area contributed by atoms with Crippen molar-refractivity contribution in [2.75, 3.05) is 26.2 Å². The molecule has 1 amide bonds. The van der Waals surface area contributed by atoms with E-state index in [0.717, 1.165) is 57.4 Å². The zero-order valence-corrected chi connectivity index (χ0v) is 14.5. The van der Waals surface area contributed by atoms with Crippen LogP contribution in [0.1, 0.15) is 45.1 Å². The number of halogens is 1. The molecule has 0 unspecified atom stereocenters. The average Bonchev–Trinajstić information content (AvgIpc) is 3.32. The first-order valence-electron chi connectivity index (χ1n) is 8.39. The lowest BCUT2D eigenvalue weighted by Crippen LogP contribution is -2.35. The number of benzene rings is 1. The van der Waals surface area contributed by atoms with Crippen LogP contribution in [0.15, 0.2) is 24.3 Å². The Kier molecular flexibility index (Phi) is 6.27. The molecule has 1 N–H and O–H groups in total. The van der Waals surface area contributed by atoms with E-state index in [2.05, 4.69) is 24.1 Å². The van der Waals surface area contributed by atoms with Gasteiger partial charge in [-0.15, -0.1) is 0 Å². The van der Waals surface area contributed by atoms with Crippen LogP contribution in [0.2, 0.25) is 5.02 Å². The highest BCUT2D eigenvalue weighted by Gasteiger charge is 2.51. The molecule has 1 saturated carbocycles. The van der Waals surface area contributed by atoms with Crippen LogP contribution in [0.4, 0.5) is 0 Å². The van der Waals surface area contributed by atoms with Gasteiger partial charge in [0.15, 0.2) is 0 Å². The standard InChI is InChI=1S/C18H27ClN2O/c1-3-21(4-2)13-6-5-12-20-17(22)18(10-11-18)15-8-7-9-16(19)14-15/h7-9,14H,3-6,10-13H2,1-2H3,(H,20,22). The summed E-state index contributed by atoms with van der Waals surface area (Å²) in [6, 6.07) is 7.72. The molecule has 0 aliphatic heterocycles. The topological polar surface area (TPSA) is 32.3 Å². The van der Waals surface area contributed by atoms with E-state index in [9.17, 15) is 4.79 Å². The predicted octanol–water partition coefficient (Wildman–Crippen LogP) is 3.61. The van der Waals surface area contributed by atoms with E-state index in [0.29, 0.717) is 5.02 Å². The van der Waals surface area contributed by atoms with Crippen molar-refractivity contribution in [3.8, 4) is 0 Å². The van der Waals surface area contributed by atoms with E-state index in [1.807, 2.05) is 24.3 Å². The van der Waals surface area contributed by atoms with E-state index in [1.165, 1.54) is 0 Å². The van der Waals surface area contributed by atoms with Gasteiger partial charge in [-0.05, 0) is 63.0 Å². The second kappa shape index (κ2) is 7.98. The molecule has 1 fully saturated rings. The first kappa shape index (κ1) is 17.3. The molecule has 0 saturated heterocycles. The number of hydrogen-bond acceptors (Lipinski definition) is 2. The van der Waals surface area contributed by atoms with Crippen LogP contribution >= 0.6 is 11.6 Å². The molecular weight excluding hydrogens is 296 g/mol. The number of hydrogen-bond donors (Lipinski definition) is 1. The summed E-state index contributed by atoms with van der Waals surface area (Å²) in [7, 11) is 0. The summed E-state index contributed by atoms with van der Waals surface area (Å²) in [5, 5.41) is 3.82. The van der Waals surface area contributed by atoms with E-state index in [4.69, 9.17) is 11.6 Å². The molecule has 1 aliphatic rings. The molecule has 22 heavy (non-hydrogen) atoms. The lowest BCUT2D eigenvalue weighted by Gasteiger charge is -2.18. The zero-order chi connectivity index (χ0) is 16.0. The second-order valence-corrected chi connectivity index (χ2v) is 6.52. The Morgan fingerprint density at radius 1 is 1.27 bits per heavy atom. The van der Waals surface area contributed by atoms with Crippen LogP contribution in [0.3, 0.4) is 0 Å². The smallest absolute Gasteiger partial charge is 0.230 e. The van der Waals surface area contributed by atoms with Crippen LogP contribution in [-0.2, 0) is 10.2 Å². The molecular formula is C18H27ClN2O. The van der Waals surface area contributed by atoms with Crippen molar-refractivity contribution in [3.63, 3.8) is 0 Å². The summed E-state index contributed by atoms with van der Waals surface area (Å²) in [5.74, 6) is 0.164. The van der Waals surface area contributed by atoms with E-state index in [-0.39, 0.29) is 11.3 Å². The molecule has 0 radical (unpaired) electrons. The summed E-state index contributed by atoms with van der Waals surface area (Å²) in [6.45, 7) is 8.45. The molecule has 1 aromatic rings. The van der Waals surface area contributed by atoms with Crippen LogP contribution < -0.4 is 5.32 Å². The number of nitrogens with one attached hydrogen (secondary N) is 1. The Hall–Kier alpha value is -1.06. The van der Waals surface area contributed by atoms with Gasteiger partial charge in [-0.3, -0.25) is 4.79 Å². The van der Waals surface area contributed by atoms with Crippen LogP contribution in [0.5, 0.6) is 0 Å². The first-order valence-corrected chi connectivity index (χ1v) is 8.77. The molecule has 0 aromatic heterocycles. The molecule has 122 valence electrons. The molecule has 3 nitrogen and oxygen atoms in total. The average molecular weight is 323 g/mol. The van der Waals surface area contributed by atoms with Crippen molar-refractivity contribution in [3.05, 3.63) is 34.9 Å². The van der Waals surface area contributed by atoms with E-state index in [1.54, 1.807) is 0 Å². The Labute approximate surface area is 139 Å². The van der Waals surface area contributed by atoms with Crippen LogP contribution in [-0.4, -0.2) is 37.0 Å². The molecule has 1 aliphatic carbocycles. The van der Waals surface area contributed by atoms with Crippen molar-refractivity contribution in [2.45, 2.75) is 44.9 Å². The fourth-order valence-electron chi connectivity index (χ4n) is 2.93. The van der Waals surface area contributed by atoms with Crippen LogP contribution in [0.25, 0.3) is 0 Å². The van der Waals surface area contributed by atoms with Gasteiger partial charge in [-0.25, -0.2) is 0 Å². The minimum atomic E-state index is -0.316. The minimum Gasteiger partial charge on any atom is -0.355 e. The summed E-state index contributed by atoms with van der Waals surface area (Å²) >= 11 is 6.05. The van der Waals surface area contributed by atoms with Crippen LogP contribution in [0, 0.1) is 0 Å². The fourth-order valence-corrected chi connectivity index (χ4v) is 3.12.